The molecule has 0 unspecified atom stereocenters. The quantitative estimate of drug-likeness (QED) is 0.101. The molecular formula is C66H49N5. The monoisotopic (exact) mass is 911 g/mol. The van der Waals surface area contributed by atoms with Gasteiger partial charge in [-0.2, -0.15) is 0 Å². The van der Waals surface area contributed by atoms with Crippen LogP contribution in [-0.4, -0.2) is 27.6 Å². The van der Waals surface area contributed by atoms with Crippen LogP contribution in [0, 0.1) is 0 Å². The summed E-state index contributed by atoms with van der Waals surface area (Å²) >= 11 is 0. The van der Waals surface area contributed by atoms with E-state index >= 15 is 0 Å². The summed E-state index contributed by atoms with van der Waals surface area (Å²) < 4.78 is 2.45. The number of hydrogen-bond acceptors (Lipinski definition) is 3. The molecule has 71 heavy (non-hydrogen) atoms. The van der Waals surface area contributed by atoms with Gasteiger partial charge in [-0.05, 0) is 187 Å². The van der Waals surface area contributed by atoms with Gasteiger partial charge in [-0.3, -0.25) is 4.99 Å². The molecule has 5 heteroatoms. The van der Waals surface area contributed by atoms with Crippen LogP contribution >= 0.6 is 0 Å². The fourth-order valence-corrected chi connectivity index (χ4v) is 10.7. The molecule has 0 spiro atoms. The zero-order chi connectivity index (χ0) is 48.1. The number of aromatic nitrogens is 3. The molecule has 338 valence electrons. The number of allylic oxidation sites excluding steroid dienone is 1. The summed E-state index contributed by atoms with van der Waals surface area (Å²) in [6.45, 7) is 10.3. The minimum atomic E-state index is -0.120. The van der Waals surface area contributed by atoms with Crippen LogP contribution in [-0.2, 0) is 5.41 Å². The number of nitrogens with zero attached hydrogens (tertiary/aromatic N) is 5. The lowest BCUT2D eigenvalue weighted by atomic mass is 9.82. The molecule has 0 radical (unpaired) electrons. The van der Waals surface area contributed by atoms with Gasteiger partial charge in [0.2, 0.25) is 0 Å². The van der Waals surface area contributed by atoms with E-state index in [1.165, 1.54) is 50.4 Å². The van der Waals surface area contributed by atoms with Crippen molar-refractivity contribution in [1.82, 2.24) is 14.5 Å². The standard InChI is InChI=1S/C66H49N5/c1-43(38-68-41-67-4)44-14-10-15-45(28-44)46-16-11-19-49(29-46)53-32-54(50-20-12-17-47(30-50)48-18-13-21-51(31-48)56-39-69-42-70-40-56)34-55(33-53)52-26-27-64-60(35-52)61-36-59-58-24-8-9-25-62(58)66(2,3)63(59)37-65(61)71(64)57-22-6-5-7-23-57/h5-42H,4H2,1-3H3/b43-38+,68-41-. The Labute approximate surface area is 414 Å². The second-order valence-electron chi connectivity index (χ2n) is 19.0. The Hall–Kier alpha value is -9.06. The Balaban J connectivity index is 1.03. The topological polar surface area (TPSA) is 55.4 Å². The highest BCUT2D eigenvalue weighted by atomic mass is 15.0. The zero-order valence-corrected chi connectivity index (χ0v) is 39.9. The largest absolute Gasteiger partial charge is 0.309 e. The summed E-state index contributed by atoms with van der Waals surface area (Å²) in [4.78, 5) is 16.6. The molecule has 0 fully saturated rings. The van der Waals surface area contributed by atoms with E-state index in [0.29, 0.717) is 0 Å². The van der Waals surface area contributed by atoms with Crippen molar-refractivity contribution in [3.63, 3.8) is 0 Å². The van der Waals surface area contributed by atoms with Gasteiger partial charge in [-0.15, -0.1) is 0 Å². The first-order valence-corrected chi connectivity index (χ1v) is 24.1. The molecule has 2 aromatic heterocycles. The highest BCUT2D eigenvalue weighted by Gasteiger charge is 2.36. The van der Waals surface area contributed by atoms with Crippen LogP contribution in [0.25, 0.3) is 111 Å². The van der Waals surface area contributed by atoms with Crippen molar-refractivity contribution in [2.75, 3.05) is 0 Å². The molecular weight excluding hydrogens is 863 g/mol. The molecule has 0 saturated carbocycles. The van der Waals surface area contributed by atoms with E-state index < -0.39 is 0 Å². The lowest BCUT2D eigenvalue weighted by molar-refractivity contribution is 0.661. The summed E-state index contributed by atoms with van der Waals surface area (Å²) in [7, 11) is 0. The van der Waals surface area contributed by atoms with Gasteiger partial charge in [0.05, 0.1) is 11.0 Å². The van der Waals surface area contributed by atoms with Crippen LogP contribution in [0.5, 0.6) is 0 Å². The van der Waals surface area contributed by atoms with Crippen molar-refractivity contribution in [2.45, 2.75) is 26.2 Å². The maximum Gasteiger partial charge on any atom is 0.115 e. The van der Waals surface area contributed by atoms with Crippen LogP contribution in [0.4, 0.5) is 0 Å². The van der Waals surface area contributed by atoms with Crippen LogP contribution in [0.15, 0.2) is 235 Å². The van der Waals surface area contributed by atoms with Crippen LogP contribution in [0.2, 0.25) is 0 Å². The molecule has 0 bridgehead atoms. The zero-order valence-electron chi connectivity index (χ0n) is 39.9. The maximum atomic E-state index is 4.28. The molecule has 0 N–H and O–H groups in total. The van der Waals surface area contributed by atoms with E-state index in [1.54, 1.807) is 6.33 Å². The molecule has 11 aromatic rings. The second-order valence-corrected chi connectivity index (χ2v) is 19.0. The van der Waals surface area contributed by atoms with Crippen LogP contribution < -0.4 is 0 Å². The predicted molar refractivity (Wildman–Crippen MR) is 298 cm³/mol. The van der Waals surface area contributed by atoms with Gasteiger partial charge in [0.25, 0.3) is 0 Å². The van der Waals surface area contributed by atoms with Crippen molar-refractivity contribution in [2.24, 2.45) is 9.98 Å². The van der Waals surface area contributed by atoms with E-state index in [1.807, 2.05) is 18.6 Å². The third-order valence-corrected chi connectivity index (χ3v) is 14.3. The van der Waals surface area contributed by atoms with Gasteiger partial charge < -0.3 is 4.57 Å². The summed E-state index contributed by atoms with van der Waals surface area (Å²) in [5, 5.41) is 2.47. The average Bonchev–Trinajstić information content (AvgIpc) is 3.87. The fraction of sp³-hybridized carbons (Fsp3) is 0.0606. The molecule has 0 atom stereocenters. The summed E-state index contributed by atoms with van der Waals surface area (Å²) in [6.07, 6.45) is 8.58. The smallest absolute Gasteiger partial charge is 0.115 e. The molecule has 5 nitrogen and oxygen atoms in total. The molecule has 2 heterocycles. The van der Waals surface area contributed by atoms with E-state index in [-0.39, 0.29) is 5.41 Å². The Morgan fingerprint density at radius 1 is 0.465 bits per heavy atom. The predicted octanol–water partition coefficient (Wildman–Crippen LogP) is 17.0. The van der Waals surface area contributed by atoms with Gasteiger partial charge in [0.1, 0.15) is 12.7 Å². The highest BCUT2D eigenvalue weighted by molar-refractivity contribution is 6.13. The molecule has 0 aliphatic heterocycles. The SMILES string of the molecule is C=N/C=N\C=C(/C)c1cccc(-c2cccc(-c3cc(-c4cccc(-c5cccc(-c6cncnc6)c5)c4)cc(-c4ccc5c(c4)c4cc6c(cc4n5-c4ccccc4)C(C)(C)c4ccccc4-6)c3)c2)c1. The number of benzene rings is 9. The van der Waals surface area contributed by atoms with Crippen molar-refractivity contribution in [3.8, 4) is 83.6 Å². The van der Waals surface area contributed by atoms with Crippen LogP contribution in [0.1, 0.15) is 37.5 Å². The first-order chi connectivity index (χ1) is 34.8. The molecule has 1 aliphatic rings. The number of para-hydroxylation sites is 1. The van der Waals surface area contributed by atoms with Gasteiger partial charge in [-0.25, -0.2) is 15.0 Å². The second kappa shape index (κ2) is 17.8. The maximum absolute atomic E-state index is 4.28. The average molecular weight is 912 g/mol. The number of hydrogen-bond donors (Lipinski definition) is 0. The Bertz CT molecular complexity index is 3930. The minimum Gasteiger partial charge on any atom is -0.309 e. The Morgan fingerprint density at radius 3 is 1.62 bits per heavy atom. The fourth-order valence-electron chi connectivity index (χ4n) is 10.7. The lowest BCUT2D eigenvalue weighted by Gasteiger charge is -2.21. The third kappa shape index (κ3) is 7.88. The Morgan fingerprint density at radius 2 is 0.986 bits per heavy atom. The van der Waals surface area contributed by atoms with E-state index in [9.17, 15) is 0 Å². The van der Waals surface area contributed by atoms with Gasteiger partial charge in [-0.1, -0.05) is 135 Å². The van der Waals surface area contributed by atoms with Crippen molar-refractivity contribution in [3.05, 3.63) is 242 Å². The lowest BCUT2D eigenvalue weighted by Crippen LogP contribution is -2.14. The molecule has 9 aromatic carbocycles. The summed E-state index contributed by atoms with van der Waals surface area (Å²) in [6, 6.07) is 73.8. The molecule has 12 rings (SSSR count). The first-order valence-electron chi connectivity index (χ1n) is 24.1. The van der Waals surface area contributed by atoms with Crippen LogP contribution in [0.3, 0.4) is 0 Å². The van der Waals surface area contributed by atoms with Gasteiger partial charge >= 0.3 is 0 Å². The third-order valence-electron chi connectivity index (χ3n) is 14.3. The first kappa shape index (κ1) is 43.2. The normalized spacial score (nSPS) is 12.9. The van der Waals surface area contributed by atoms with Gasteiger partial charge in [0.15, 0.2) is 0 Å². The summed E-state index contributed by atoms with van der Waals surface area (Å²) in [5.74, 6) is 0. The summed E-state index contributed by atoms with van der Waals surface area (Å²) in [5.41, 5.74) is 24.4. The van der Waals surface area contributed by atoms with Crippen molar-refractivity contribution < 1.29 is 0 Å². The van der Waals surface area contributed by atoms with E-state index in [4.69, 9.17) is 0 Å². The Kier molecular flexibility index (Phi) is 10.8. The van der Waals surface area contributed by atoms with E-state index in [2.05, 4.69) is 252 Å². The molecule has 0 amide bonds. The van der Waals surface area contributed by atoms with Gasteiger partial charge in [0, 0.05) is 46.0 Å². The number of rotatable bonds is 10. The number of fused-ring (bicyclic) bond motifs is 6. The van der Waals surface area contributed by atoms with Crippen molar-refractivity contribution >= 4 is 40.4 Å². The minimum absolute atomic E-state index is 0.120. The molecule has 0 saturated heterocycles. The van der Waals surface area contributed by atoms with E-state index in [0.717, 1.165) is 83.6 Å². The highest BCUT2D eigenvalue weighted by Crippen LogP contribution is 2.51. The molecule has 1 aliphatic carbocycles. The van der Waals surface area contributed by atoms with Crippen molar-refractivity contribution in [1.29, 1.82) is 0 Å². The number of aliphatic imine (C=N–C) groups is 2.